The molecule has 0 bridgehead atoms. The molecule has 25 heavy (non-hydrogen) atoms. The van der Waals surface area contributed by atoms with Crippen molar-refractivity contribution < 1.29 is 14.3 Å². The molecule has 0 aromatic heterocycles. The van der Waals surface area contributed by atoms with E-state index in [9.17, 15) is 4.79 Å². The molecule has 0 spiro atoms. The van der Waals surface area contributed by atoms with Gasteiger partial charge in [0.1, 0.15) is 5.60 Å². The highest BCUT2D eigenvalue weighted by Gasteiger charge is 2.50. The van der Waals surface area contributed by atoms with Gasteiger partial charge in [-0.05, 0) is 79.6 Å². The Kier molecular flexibility index (Phi) is 6.53. The van der Waals surface area contributed by atoms with Crippen molar-refractivity contribution in [1.82, 2.24) is 0 Å². The summed E-state index contributed by atoms with van der Waals surface area (Å²) < 4.78 is 11.6. The number of rotatable bonds is 2. The molecule has 0 aromatic rings. The summed E-state index contributed by atoms with van der Waals surface area (Å²) in [5.41, 5.74) is 2.52. The summed E-state index contributed by atoms with van der Waals surface area (Å²) in [6, 6.07) is 0. The molecule has 1 aliphatic heterocycles. The number of ether oxygens (including phenoxy) is 2. The van der Waals surface area contributed by atoms with Gasteiger partial charge in [0.25, 0.3) is 0 Å². The fourth-order valence-electron chi connectivity index (χ4n) is 3.99. The number of allylic oxidation sites excluding steroid dienone is 4. The van der Waals surface area contributed by atoms with Gasteiger partial charge in [-0.2, -0.15) is 0 Å². The second-order valence-corrected chi connectivity index (χ2v) is 8.77. The Balaban J connectivity index is 2.11. The molecule has 1 heterocycles. The van der Waals surface area contributed by atoms with Crippen LogP contribution in [0.25, 0.3) is 0 Å². The van der Waals surface area contributed by atoms with Crippen LogP contribution < -0.4 is 0 Å². The number of hydrogen-bond acceptors (Lipinski definition) is 3. The monoisotopic (exact) mass is 348 g/mol. The van der Waals surface area contributed by atoms with Crippen LogP contribution in [0.2, 0.25) is 0 Å². The first-order chi connectivity index (χ1) is 11.6. The summed E-state index contributed by atoms with van der Waals surface area (Å²) in [5.74, 6) is 0.141. The summed E-state index contributed by atoms with van der Waals surface area (Å²) >= 11 is 0. The van der Waals surface area contributed by atoms with Gasteiger partial charge < -0.3 is 9.47 Å². The SMILES string of the molecule is CC(=O)OC(C)(C)[C@H]1C/C=C(\C)CCC2OC2(C)CC/C=C(\C)CC1. The lowest BCUT2D eigenvalue weighted by atomic mass is 9.82. The van der Waals surface area contributed by atoms with E-state index in [4.69, 9.17) is 9.47 Å². The molecule has 2 unspecified atom stereocenters. The van der Waals surface area contributed by atoms with Crippen LogP contribution in [0.4, 0.5) is 0 Å². The molecule has 0 amide bonds. The van der Waals surface area contributed by atoms with E-state index in [-0.39, 0.29) is 11.6 Å². The van der Waals surface area contributed by atoms with Crippen molar-refractivity contribution in [2.45, 2.75) is 104 Å². The lowest BCUT2D eigenvalue weighted by molar-refractivity contribution is -0.159. The van der Waals surface area contributed by atoms with Gasteiger partial charge in [-0.15, -0.1) is 0 Å². The summed E-state index contributed by atoms with van der Waals surface area (Å²) in [4.78, 5) is 11.5. The molecule has 142 valence electrons. The number of carbonyl (C=O) groups excluding carboxylic acids is 1. The van der Waals surface area contributed by atoms with Crippen LogP contribution in [0.15, 0.2) is 23.3 Å². The lowest BCUT2D eigenvalue weighted by Gasteiger charge is -2.33. The average molecular weight is 349 g/mol. The summed E-state index contributed by atoms with van der Waals surface area (Å²) in [7, 11) is 0. The van der Waals surface area contributed by atoms with Gasteiger partial charge in [-0.25, -0.2) is 0 Å². The fraction of sp³-hybridized carbons (Fsp3) is 0.773. The topological polar surface area (TPSA) is 38.8 Å². The van der Waals surface area contributed by atoms with E-state index in [0.29, 0.717) is 12.0 Å². The van der Waals surface area contributed by atoms with Crippen LogP contribution in [0.1, 0.15) is 86.5 Å². The maximum atomic E-state index is 11.5. The maximum absolute atomic E-state index is 11.5. The highest BCUT2D eigenvalue weighted by molar-refractivity contribution is 5.66. The van der Waals surface area contributed by atoms with Crippen LogP contribution >= 0.6 is 0 Å². The quantitative estimate of drug-likeness (QED) is 0.363. The van der Waals surface area contributed by atoms with Crippen LogP contribution in [-0.4, -0.2) is 23.3 Å². The molecular weight excluding hydrogens is 312 g/mol. The molecule has 0 radical (unpaired) electrons. The summed E-state index contributed by atoms with van der Waals surface area (Å²) in [5, 5.41) is 0. The maximum Gasteiger partial charge on any atom is 0.303 e. The number of epoxide rings is 1. The zero-order valence-electron chi connectivity index (χ0n) is 17.0. The standard InChI is InChI=1S/C22H36O3/c1-16-8-7-15-22(6)20(25-22)14-11-17(2)10-13-19(12-9-16)21(4,5)24-18(3)23/h8,10,19-20H,7,9,11-15H2,1-6H3/b16-8+,17-10+/t19-,20?,22?/m1/s1. The third-order valence-corrected chi connectivity index (χ3v) is 6.00. The highest BCUT2D eigenvalue weighted by Crippen LogP contribution is 2.44. The Morgan fingerprint density at radius 2 is 1.84 bits per heavy atom. The van der Waals surface area contributed by atoms with Crippen molar-refractivity contribution >= 4 is 5.97 Å². The Morgan fingerprint density at radius 3 is 2.52 bits per heavy atom. The van der Waals surface area contributed by atoms with Crippen molar-refractivity contribution in [1.29, 1.82) is 0 Å². The minimum atomic E-state index is -0.432. The van der Waals surface area contributed by atoms with Crippen molar-refractivity contribution in [2.75, 3.05) is 0 Å². The van der Waals surface area contributed by atoms with Gasteiger partial charge in [-0.1, -0.05) is 23.3 Å². The second-order valence-electron chi connectivity index (χ2n) is 8.77. The molecule has 2 rings (SSSR count). The Hall–Kier alpha value is -1.09. The van der Waals surface area contributed by atoms with E-state index in [1.807, 2.05) is 13.8 Å². The van der Waals surface area contributed by atoms with E-state index in [0.717, 1.165) is 44.9 Å². The van der Waals surface area contributed by atoms with Gasteiger partial charge in [0.15, 0.2) is 0 Å². The average Bonchev–Trinajstić information content (AvgIpc) is 3.13. The largest absolute Gasteiger partial charge is 0.460 e. The van der Waals surface area contributed by atoms with Gasteiger partial charge in [0, 0.05) is 12.8 Å². The Labute approximate surface area is 153 Å². The number of esters is 1. The molecule has 0 N–H and O–H groups in total. The third kappa shape index (κ3) is 5.99. The van der Waals surface area contributed by atoms with Crippen molar-refractivity contribution in [2.24, 2.45) is 5.92 Å². The second kappa shape index (κ2) is 8.07. The smallest absolute Gasteiger partial charge is 0.303 e. The molecule has 3 atom stereocenters. The zero-order chi connectivity index (χ0) is 18.7. The summed E-state index contributed by atoms with van der Waals surface area (Å²) in [6.45, 7) is 12.3. The van der Waals surface area contributed by atoms with Crippen molar-refractivity contribution in [3.05, 3.63) is 23.3 Å². The van der Waals surface area contributed by atoms with Gasteiger partial charge in [-0.3, -0.25) is 4.79 Å². The van der Waals surface area contributed by atoms with E-state index < -0.39 is 5.60 Å². The molecule has 3 nitrogen and oxygen atoms in total. The minimum absolute atomic E-state index is 0.0982. The first kappa shape index (κ1) is 20.2. The fourth-order valence-corrected chi connectivity index (χ4v) is 3.99. The van der Waals surface area contributed by atoms with E-state index in [1.54, 1.807) is 0 Å². The van der Waals surface area contributed by atoms with E-state index in [1.165, 1.54) is 18.1 Å². The number of hydrogen-bond donors (Lipinski definition) is 0. The summed E-state index contributed by atoms with van der Waals surface area (Å²) in [6.07, 6.45) is 12.6. The molecule has 1 saturated heterocycles. The number of fused-ring (bicyclic) bond motifs is 1. The molecule has 3 heteroatoms. The Bertz CT molecular complexity index is 543. The van der Waals surface area contributed by atoms with E-state index in [2.05, 4.69) is 32.9 Å². The van der Waals surface area contributed by atoms with Crippen LogP contribution in [0.3, 0.4) is 0 Å². The zero-order valence-corrected chi connectivity index (χ0v) is 17.0. The first-order valence-electron chi connectivity index (χ1n) is 9.81. The lowest BCUT2D eigenvalue weighted by Crippen LogP contribution is -2.36. The van der Waals surface area contributed by atoms with Gasteiger partial charge in [0.2, 0.25) is 0 Å². The van der Waals surface area contributed by atoms with Crippen molar-refractivity contribution in [3.8, 4) is 0 Å². The molecule has 1 fully saturated rings. The minimum Gasteiger partial charge on any atom is -0.460 e. The molecule has 2 aliphatic rings. The molecular formula is C22H36O3. The van der Waals surface area contributed by atoms with Crippen LogP contribution in [0, 0.1) is 5.92 Å². The van der Waals surface area contributed by atoms with Gasteiger partial charge >= 0.3 is 5.97 Å². The predicted molar refractivity (Wildman–Crippen MR) is 102 cm³/mol. The predicted octanol–water partition coefficient (Wildman–Crippen LogP) is 5.74. The molecule has 0 saturated carbocycles. The molecule has 0 aromatic carbocycles. The third-order valence-electron chi connectivity index (χ3n) is 6.00. The normalized spacial score (nSPS) is 36.1. The van der Waals surface area contributed by atoms with Crippen LogP contribution in [0.5, 0.6) is 0 Å². The molecule has 1 aliphatic carbocycles. The van der Waals surface area contributed by atoms with E-state index >= 15 is 0 Å². The van der Waals surface area contributed by atoms with Crippen LogP contribution in [-0.2, 0) is 14.3 Å². The highest BCUT2D eigenvalue weighted by atomic mass is 16.6. The number of carbonyl (C=O) groups is 1. The first-order valence-corrected chi connectivity index (χ1v) is 9.81. The Morgan fingerprint density at radius 1 is 1.20 bits per heavy atom. The van der Waals surface area contributed by atoms with Crippen molar-refractivity contribution in [3.63, 3.8) is 0 Å². The van der Waals surface area contributed by atoms with Gasteiger partial charge in [0.05, 0.1) is 11.7 Å².